The molecule has 0 amide bonds. The summed E-state index contributed by atoms with van der Waals surface area (Å²) in [6.07, 6.45) is 1.31. The summed E-state index contributed by atoms with van der Waals surface area (Å²) in [5, 5.41) is 0.910. The highest BCUT2D eigenvalue weighted by Gasteiger charge is 2.26. The number of benzene rings is 1. The van der Waals surface area contributed by atoms with Crippen LogP contribution in [-0.4, -0.2) is 12.9 Å². The third-order valence-corrected chi connectivity index (χ3v) is 2.83. The van der Waals surface area contributed by atoms with E-state index < -0.39 is 0 Å². The number of furan rings is 1. The second-order valence-corrected chi connectivity index (χ2v) is 3.69. The molecule has 0 bridgehead atoms. The number of aryl methyl sites for hydroxylation is 1. The van der Waals surface area contributed by atoms with E-state index in [2.05, 4.69) is 0 Å². The first-order valence-electron chi connectivity index (χ1n) is 4.92. The Morgan fingerprint density at radius 1 is 1.33 bits per heavy atom. The fourth-order valence-electron chi connectivity index (χ4n) is 2.09. The van der Waals surface area contributed by atoms with Crippen molar-refractivity contribution in [2.45, 2.75) is 12.8 Å². The fourth-order valence-corrected chi connectivity index (χ4v) is 2.09. The highest BCUT2D eigenvalue weighted by Crippen LogP contribution is 2.34. The molecule has 3 rings (SSSR count). The number of fused-ring (bicyclic) bond motifs is 3. The molecule has 3 heteroatoms. The van der Waals surface area contributed by atoms with Crippen LogP contribution in [0.3, 0.4) is 0 Å². The van der Waals surface area contributed by atoms with Crippen LogP contribution in [0, 0.1) is 0 Å². The molecule has 0 atom stereocenters. The smallest absolute Gasteiger partial charge is 0.167 e. The summed E-state index contributed by atoms with van der Waals surface area (Å²) in [4.78, 5) is 11.6. The van der Waals surface area contributed by atoms with E-state index >= 15 is 0 Å². The van der Waals surface area contributed by atoms with Gasteiger partial charge in [-0.1, -0.05) is 0 Å². The highest BCUT2D eigenvalue weighted by molar-refractivity contribution is 6.10. The molecule has 0 aliphatic heterocycles. The minimum Gasteiger partial charge on any atom is -0.497 e. The number of ether oxygens (including phenoxy) is 1. The fraction of sp³-hybridized carbons (Fsp3) is 0.250. The van der Waals surface area contributed by atoms with E-state index in [1.54, 1.807) is 7.11 Å². The Hall–Kier alpha value is -1.77. The maximum Gasteiger partial charge on any atom is 0.167 e. The summed E-state index contributed by atoms with van der Waals surface area (Å²) < 4.78 is 10.7. The Balaban J connectivity index is 2.31. The largest absolute Gasteiger partial charge is 0.497 e. The second kappa shape index (κ2) is 2.86. The van der Waals surface area contributed by atoms with Crippen LogP contribution in [0.1, 0.15) is 22.5 Å². The number of hydrogen-bond donors (Lipinski definition) is 0. The standard InChI is InChI=1S/C12H10O3/c1-14-7-2-3-8-11(6-7)15-10-5-4-9(13)12(8)10/h2-3,6H,4-5H2,1H3. The van der Waals surface area contributed by atoms with Gasteiger partial charge in [0.1, 0.15) is 17.1 Å². The number of ketones is 1. The SMILES string of the molecule is COc1ccc2c3c(oc2c1)CCC3=O. The van der Waals surface area contributed by atoms with E-state index in [0.717, 1.165) is 34.5 Å². The van der Waals surface area contributed by atoms with Gasteiger partial charge < -0.3 is 9.15 Å². The third kappa shape index (κ3) is 1.09. The van der Waals surface area contributed by atoms with Crippen molar-refractivity contribution < 1.29 is 13.9 Å². The van der Waals surface area contributed by atoms with Gasteiger partial charge in [0.15, 0.2) is 5.78 Å². The molecule has 0 spiro atoms. The number of carbonyl (C=O) groups is 1. The number of rotatable bonds is 1. The van der Waals surface area contributed by atoms with Crippen LogP contribution in [0.25, 0.3) is 11.0 Å². The van der Waals surface area contributed by atoms with Crippen molar-refractivity contribution in [2.75, 3.05) is 7.11 Å². The molecular weight excluding hydrogens is 192 g/mol. The van der Waals surface area contributed by atoms with Gasteiger partial charge in [-0.2, -0.15) is 0 Å². The molecule has 0 fully saturated rings. The van der Waals surface area contributed by atoms with E-state index in [9.17, 15) is 4.79 Å². The van der Waals surface area contributed by atoms with Gasteiger partial charge in [-0.05, 0) is 12.1 Å². The van der Waals surface area contributed by atoms with Crippen LogP contribution < -0.4 is 4.74 Å². The highest BCUT2D eigenvalue weighted by atomic mass is 16.5. The molecule has 76 valence electrons. The minimum absolute atomic E-state index is 0.189. The van der Waals surface area contributed by atoms with Gasteiger partial charge in [-0.25, -0.2) is 0 Å². The van der Waals surface area contributed by atoms with Crippen LogP contribution in [0.5, 0.6) is 5.75 Å². The van der Waals surface area contributed by atoms with Gasteiger partial charge in [0.2, 0.25) is 0 Å². The summed E-state index contributed by atoms with van der Waals surface area (Å²) >= 11 is 0. The molecule has 15 heavy (non-hydrogen) atoms. The topological polar surface area (TPSA) is 39.4 Å². The Bertz CT molecular complexity index is 551. The average Bonchev–Trinajstić information content (AvgIpc) is 2.77. The van der Waals surface area contributed by atoms with Crippen LogP contribution in [0.2, 0.25) is 0 Å². The van der Waals surface area contributed by atoms with E-state index in [0.29, 0.717) is 6.42 Å². The molecule has 1 aliphatic rings. The first-order chi connectivity index (χ1) is 7.29. The first-order valence-corrected chi connectivity index (χ1v) is 4.92. The lowest BCUT2D eigenvalue weighted by Crippen LogP contribution is -1.89. The van der Waals surface area contributed by atoms with Crippen LogP contribution in [0.4, 0.5) is 0 Å². The van der Waals surface area contributed by atoms with E-state index in [1.807, 2.05) is 18.2 Å². The van der Waals surface area contributed by atoms with Gasteiger partial charge in [0.05, 0.1) is 12.7 Å². The van der Waals surface area contributed by atoms with Crippen LogP contribution in [-0.2, 0) is 6.42 Å². The monoisotopic (exact) mass is 202 g/mol. The lowest BCUT2D eigenvalue weighted by atomic mass is 10.1. The van der Waals surface area contributed by atoms with Crippen molar-refractivity contribution in [3.05, 3.63) is 29.5 Å². The summed E-state index contributed by atoms with van der Waals surface area (Å²) in [7, 11) is 1.61. The molecular formula is C12H10O3. The number of Topliss-reactive ketones (excluding diaryl/α,β-unsaturated/α-hetero) is 1. The number of methoxy groups -OCH3 is 1. The van der Waals surface area contributed by atoms with Crippen molar-refractivity contribution in [3.63, 3.8) is 0 Å². The van der Waals surface area contributed by atoms with Crippen molar-refractivity contribution in [1.82, 2.24) is 0 Å². The molecule has 3 nitrogen and oxygen atoms in total. The van der Waals surface area contributed by atoms with Crippen molar-refractivity contribution in [1.29, 1.82) is 0 Å². The zero-order valence-corrected chi connectivity index (χ0v) is 8.37. The summed E-state index contributed by atoms with van der Waals surface area (Å²) in [6, 6.07) is 5.56. The predicted octanol–water partition coefficient (Wildman–Crippen LogP) is 2.57. The molecule has 1 aromatic heterocycles. The minimum atomic E-state index is 0.189. The zero-order chi connectivity index (χ0) is 10.4. The van der Waals surface area contributed by atoms with Gasteiger partial charge in [0.25, 0.3) is 0 Å². The summed E-state index contributed by atoms with van der Waals surface area (Å²) in [6.45, 7) is 0. The number of hydrogen-bond acceptors (Lipinski definition) is 3. The normalized spacial score (nSPS) is 14.6. The molecule has 0 N–H and O–H groups in total. The van der Waals surface area contributed by atoms with Gasteiger partial charge >= 0.3 is 0 Å². The predicted molar refractivity (Wildman–Crippen MR) is 55.4 cm³/mol. The Morgan fingerprint density at radius 2 is 2.20 bits per heavy atom. The van der Waals surface area contributed by atoms with Gasteiger partial charge in [0, 0.05) is 24.3 Å². The van der Waals surface area contributed by atoms with E-state index in [-0.39, 0.29) is 5.78 Å². The average molecular weight is 202 g/mol. The lowest BCUT2D eigenvalue weighted by Gasteiger charge is -1.98. The maximum atomic E-state index is 11.6. The summed E-state index contributed by atoms with van der Waals surface area (Å²) in [5.74, 6) is 1.76. The summed E-state index contributed by atoms with van der Waals surface area (Å²) in [5.41, 5.74) is 1.51. The second-order valence-electron chi connectivity index (χ2n) is 3.69. The van der Waals surface area contributed by atoms with Gasteiger partial charge in [-0.15, -0.1) is 0 Å². The first kappa shape index (κ1) is 8.53. The van der Waals surface area contributed by atoms with Crippen LogP contribution >= 0.6 is 0 Å². The van der Waals surface area contributed by atoms with E-state index in [1.165, 1.54) is 0 Å². The Morgan fingerprint density at radius 3 is 3.00 bits per heavy atom. The molecule has 0 radical (unpaired) electrons. The molecule has 0 unspecified atom stereocenters. The van der Waals surface area contributed by atoms with Crippen molar-refractivity contribution >= 4 is 16.8 Å². The quantitative estimate of drug-likeness (QED) is 0.713. The third-order valence-electron chi connectivity index (χ3n) is 2.83. The Labute approximate surface area is 86.6 Å². The lowest BCUT2D eigenvalue weighted by molar-refractivity contribution is 0.0996. The Kier molecular flexibility index (Phi) is 1.63. The molecule has 2 aromatic rings. The maximum absolute atomic E-state index is 11.6. The van der Waals surface area contributed by atoms with Crippen molar-refractivity contribution in [3.8, 4) is 5.75 Å². The van der Waals surface area contributed by atoms with Crippen molar-refractivity contribution in [2.24, 2.45) is 0 Å². The van der Waals surface area contributed by atoms with E-state index in [4.69, 9.17) is 9.15 Å². The molecule has 1 heterocycles. The molecule has 0 saturated heterocycles. The molecule has 1 aromatic carbocycles. The zero-order valence-electron chi connectivity index (χ0n) is 8.37. The number of carbonyl (C=O) groups excluding carboxylic acids is 1. The molecule has 0 saturated carbocycles. The van der Waals surface area contributed by atoms with Crippen LogP contribution in [0.15, 0.2) is 22.6 Å². The molecule has 1 aliphatic carbocycles. The van der Waals surface area contributed by atoms with Gasteiger partial charge in [-0.3, -0.25) is 4.79 Å².